The molecule has 3 heterocycles. The maximum absolute atomic E-state index is 6.12. The lowest BCUT2D eigenvalue weighted by Crippen LogP contribution is -1.97. The van der Waals surface area contributed by atoms with E-state index in [9.17, 15) is 0 Å². The van der Waals surface area contributed by atoms with Crippen LogP contribution in [0.15, 0.2) is 72.4 Å². The molecule has 5 rings (SSSR count). The highest BCUT2D eigenvalue weighted by atomic mass is 35.5. The van der Waals surface area contributed by atoms with Crippen molar-refractivity contribution in [3.8, 4) is 17.1 Å². The van der Waals surface area contributed by atoms with Crippen LogP contribution in [0.3, 0.4) is 0 Å². The summed E-state index contributed by atoms with van der Waals surface area (Å²) in [6.07, 6.45) is 3.62. The summed E-state index contributed by atoms with van der Waals surface area (Å²) in [6, 6.07) is 17.4. The number of aromatic nitrogens is 3. The molecule has 0 aliphatic rings. The Morgan fingerprint density at radius 1 is 1.00 bits per heavy atom. The number of nitrogens with zero attached hydrogens (tertiary/aromatic N) is 3. The predicted molar refractivity (Wildman–Crippen MR) is 114 cm³/mol. The number of pyridine rings is 1. The predicted octanol–water partition coefficient (Wildman–Crippen LogP) is 6.14. The van der Waals surface area contributed by atoms with E-state index in [0.29, 0.717) is 17.5 Å². The Morgan fingerprint density at radius 2 is 1.93 bits per heavy atom. The molecule has 0 spiro atoms. The standard InChI is InChI=1S/C22H14ClN3OS/c23-16-5-3-4-14(10-16)22-25-11-20-21(26-22)15(13-28-20)12-27-19-8-9-24-18-7-2-1-6-17(18)19/h1-11,13H,12H2. The molecular weight excluding hydrogens is 390 g/mol. The van der Waals surface area contributed by atoms with Crippen LogP contribution in [0.5, 0.6) is 5.75 Å². The molecule has 0 saturated heterocycles. The zero-order chi connectivity index (χ0) is 18.9. The second-order valence-electron chi connectivity index (χ2n) is 6.29. The minimum atomic E-state index is 0.431. The molecule has 4 nitrogen and oxygen atoms in total. The van der Waals surface area contributed by atoms with Gasteiger partial charge in [0, 0.05) is 39.3 Å². The van der Waals surface area contributed by atoms with E-state index in [4.69, 9.17) is 21.3 Å². The normalized spacial score (nSPS) is 11.2. The van der Waals surface area contributed by atoms with Crippen molar-refractivity contribution in [2.45, 2.75) is 6.61 Å². The van der Waals surface area contributed by atoms with E-state index < -0.39 is 0 Å². The van der Waals surface area contributed by atoms with E-state index in [0.717, 1.165) is 38.0 Å². The van der Waals surface area contributed by atoms with Crippen molar-refractivity contribution in [2.75, 3.05) is 0 Å². The highest BCUT2D eigenvalue weighted by Crippen LogP contribution is 2.29. The Morgan fingerprint density at radius 3 is 2.86 bits per heavy atom. The van der Waals surface area contributed by atoms with Crippen molar-refractivity contribution in [1.82, 2.24) is 15.0 Å². The van der Waals surface area contributed by atoms with E-state index in [1.165, 1.54) is 0 Å². The first-order chi connectivity index (χ1) is 13.8. The molecule has 5 aromatic rings. The molecule has 0 aliphatic carbocycles. The SMILES string of the molecule is Clc1cccc(-c2ncc3scc(COc4ccnc5ccccc45)c3n2)c1. The van der Waals surface area contributed by atoms with Gasteiger partial charge >= 0.3 is 0 Å². The molecule has 6 heteroatoms. The number of ether oxygens (including phenoxy) is 1. The maximum atomic E-state index is 6.12. The lowest BCUT2D eigenvalue weighted by molar-refractivity contribution is 0.311. The summed E-state index contributed by atoms with van der Waals surface area (Å²) in [5.41, 5.74) is 3.76. The van der Waals surface area contributed by atoms with Crippen LogP contribution in [0, 0.1) is 0 Å². The van der Waals surface area contributed by atoms with E-state index in [1.54, 1.807) is 17.5 Å². The lowest BCUT2D eigenvalue weighted by Gasteiger charge is -2.08. The molecule has 0 fully saturated rings. The van der Waals surface area contributed by atoms with Gasteiger partial charge in [-0.25, -0.2) is 9.97 Å². The van der Waals surface area contributed by atoms with Crippen molar-refractivity contribution in [1.29, 1.82) is 0 Å². The second kappa shape index (κ2) is 7.19. The number of rotatable bonds is 4. The van der Waals surface area contributed by atoms with Crippen molar-refractivity contribution < 1.29 is 4.74 Å². The van der Waals surface area contributed by atoms with Crippen molar-refractivity contribution in [3.05, 3.63) is 83.0 Å². The third kappa shape index (κ3) is 3.19. The number of halogens is 1. The summed E-state index contributed by atoms with van der Waals surface area (Å²) in [4.78, 5) is 13.6. The molecule has 0 N–H and O–H groups in total. The second-order valence-corrected chi connectivity index (χ2v) is 7.64. The molecule has 0 atom stereocenters. The van der Waals surface area contributed by atoms with Crippen molar-refractivity contribution in [2.24, 2.45) is 0 Å². The monoisotopic (exact) mass is 403 g/mol. The molecule has 0 aliphatic heterocycles. The van der Waals surface area contributed by atoms with Crippen molar-refractivity contribution >= 4 is 44.1 Å². The van der Waals surface area contributed by atoms with Crippen molar-refractivity contribution in [3.63, 3.8) is 0 Å². The van der Waals surface area contributed by atoms with Gasteiger partial charge in [0.15, 0.2) is 5.82 Å². The van der Waals surface area contributed by atoms with Crippen LogP contribution >= 0.6 is 22.9 Å². The number of hydrogen-bond acceptors (Lipinski definition) is 5. The molecule has 3 aromatic heterocycles. The fraction of sp³-hybridized carbons (Fsp3) is 0.0455. The molecular formula is C22H14ClN3OS. The number of para-hydroxylation sites is 1. The first kappa shape index (κ1) is 17.1. The van der Waals surface area contributed by atoms with Gasteiger partial charge in [-0.1, -0.05) is 35.9 Å². The molecule has 0 amide bonds. The van der Waals surface area contributed by atoms with Crippen LogP contribution < -0.4 is 4.74 Å². The van der Waals surface area contributed by atoms with E-state index in [2.05, 4.69) is 15.3 Å². The Labute approximate surface area is 170 Å². The number of thiophene rings is 1. The smallest absolute Gasteiger partial charge is 0.159 e. The van der Waals surface area contributed by atoms with Crippen LogP contribution in [0.4, 0.5) is 0 Å². The van der Waals surface area contributed by atoms with Crippen LogP contribution in [0.25, 0.3) is 32.5 Å². The molecule has 136 valence electrons. The van der Waals surface area contributed by atoms with Gasteiger partial charge in [0.1, 0.15) is 12.4 Å². The van der Waals surface area contributed by atoms with Gasteiger partial charge in [-0.05, 0) is 30.3 Å². The number of fused-ring (bicyclic) bond motifs is 2. The summed E-state index contributed by atoms with van der Waals surface area (Å²) in [6.45, 7) is 0.431. The Balaban J connectivity index is 1.48. The third-order valence-electron chi connectivity index (χ3n) is 4.46. The minimum Gasteiger partial charge on any atom is -0.488 e. The van der Waals surface area contributed by atoms with Crippen LogP contribution in [0.1, 0.15) is 5.56 Å². The van der Waals surface area contributed by atoms with Gasteiger partial charge in [0.2, 0.25) is 0 Å². The topological polar surface area (TPSA) is 47.9 Å². The maximum Gasteiger partial charge on any atom is 0.159 e. The zero-order valence-corrected chi connectivity index (χ0v) is 16.2. The third-order valence-corrected chi connectivity index (χ3v) is 5.65. The molecule has 0 saturated carbocycles. The highest BCUT2D eigenvalue weighted by molar-refractivity contribution is 7.17. The summed E-state index contributed by atoms with van der Waals surface area (Å²) in [7, 11) is 0. The number of benzene rings is 2. The Hall–Kier alpha value is -3.02. The molecule has 0 radical (unpaired) electrons. The summed E-state index contributed by atoms with van der Waals surface area (Å²) >= 11 is 7.73. The van der Waals surface area contributed by atoms with E-state index >= 15 is 0 Å². The van der Waals surface area contributed by atoms with Crippen LogP contribution in [-0.4, -0.2) is 15.0 Å². The molecule has 0 bridgehead atoms. The fourth-order valence-electron chi connectivity index (χ4n) is 3.10. The average molecular weight is 404 g/mol. The van der Waals surface area contributed by atoms with E-state index in [1.807, 2.05) is 60.8 Å². The van der Waals surface area contributed by atoms with Crippen LogP contribution in [-0.2, 0) is 6.61 Å². The van der Waals surface area contributed by atoms with Gasteiger partial charge in [-0.15, -0.1) is 11.3 Å². The summed E-state index contributed by atoms with van der Waals surface area (Å²) in [5, 5.41) is 3.74. The summed E-state index contributed by atoms with van der Waals surface area (Å²) < 4.78 is 7.15. The molecule has 2 aromatic carbocycles. The fourth-order valence-corrected chi connectivity index (χ4v) is 4.14. The largest absolute Gasteiger partial charge is 0.488 e. The zero-order valence-electron chi connectivity index (χ0n) is 14.7. The highest BCUT2D eigenvalue weighted by Gasteiger charge is 2.11. The summed E-state index contributed by atoms with van der Waals surface area (Å²) in [5.74, 6) is 1.47. The minimum absolute atomic E-state index is 0.431. The van der Waals surface area contributed by atoms with Gasteiger partial charge in [0.05, 0.1) is 15.7 Å². The van der Waals surface area contributed by atoms with E-state index in [-0.39, 0.29) is 0 Å². The Kier molecular flexibility index (Phi) is 4.39. The van der Waals surface area contributed by atoms with Gasteiger partial charge in [0.25, 0.3) is 0 Å². The average Bonchev–Trinajstić information content (AvgIpc) is 3.14. The van der Waals surface area contributed by atoms with Crippen LogP contribution in [0.2, 0.25) is 5.02 Å². The molecule has 28 heavy (non-hydrogen) atoms. The molecule has 0 unspecified atom stereocenters. The number of hydrogen-bond donors (Lipinski definition) is 0. The lowest BCUT2D eigenvalue weighted by atomic mass is 10.2. The van der Waals surface area contributed by atoms with Gasteiger partial charge in [-0.2, -0.15) is 0 Å². The quantitative estimate of drug-likeness (QED) is 0.361. The first-order valence-electron chi connectivity index (χ1n) is 8.73. The van der Waals surface area contributed by atoms with Gasteiger partial charge < -0.3 is 4.74 Å². The first-order valence-corrected chi connectivity index (χ1v) is 9.99. The Bertz CT molecular complexity index is 1300. The van der Waals surface area contributed by atoms with Gasteiger partial charge in [-0.3, -0.25) is 4.98 Å².